The third-order valence-electron chi connectivity index (χ3n) is 2.87. The molecule has 0 aliphatic heterocycles. The number of carboxylic acids is 1. The van der Waals surface area contributed by atoms with Gasteiger partial charge in [-0.1, -0.05) is 35.9 Å². The summed E-state index contributed by atoms with van der Waals surface area (Å²) < 4.78 is 13.6. The maximum Gasteiger partial charge on any atom is 0.336 e. The SMILES string of the molecule is Cc1ccc(/C(=C/c2cccc(Cl)c2)C(=O)O)cc1F. The van der Waals surface area contributed by atoms with Crippen LogP contribution in [0, 0.1) is 12.7 Å². The molecular formula is C16H12ClFO2. The largest absolute Gasteiger partial charge is 0.478 e. The van der Waals surface area contributed by atoms with E-state index in [-0.39, 0.29) is 5.57 Å². The van der Waals surface area contributed by atoms with Crippen molar-refractivity contribution < 1.29 is 14.3 Å². The summed E-state index contributed by atoms with van der Waals surface area (Å²) in [5, 5.41) is 9.81. The molecule has 4 heteroatoms. The molecule has 1 N–H and O–H groups in total. The first-order valence-electron chi connectivity index (χ1n) is 5.94. The lowest BCUT2D eigenvalue weighted by atomic mass is 10.0. The van der Waals surface area contributed by atoms with Crippen LogP contribution in [0.2, 0.25) is 5.02 Å². The Labute approximate surface area is 121 Å². The van der Waals surface area contributed by atoms with Crippen LogP contribution < -0.4 is 0 Å². The summed E-state index contributed by atoms with van der Waals surface area (Å²) in [7, 11) is 0. The third kappa shape index (κ3) is 3.25. The van der Waals surface area contributed by atoms with Gasteiger partial charge in [0.25, 0.3) is 0 Å². The molecule has 2 aromatic rings. The maximum absolute atomic E-state index is 13.6. The van der Waals surface area contributed by atoms with Crippen LogP contribution in [0.25, 0.3) is 11.6 Å². The summed E-state index contributed by atoms with van der Waals surface area (Å²) in [6, 6.07) is 11.2. The summed E-state index contributed by atoms with van der Waals surface area (Å²) in [6.07, 6.45) is 1.47. The van der Waals surface area contributed by atoms with Crippen LogP contribution in [-0.2, 0) is 4.79 Å². The average Bonchev–Trinajstić information content (AvgIpc) is 2.39. The molecule has 2 aromatic carbocycles. The van der Waals surface area contributed by atoms with Gasteiger partial charge in [0.05, 0.1) is 5.57 Å². The normalized spacial score (nSPS) is 11.4. The molecular weight excluding hydrogens is 279 g/mol. The first-order chi connectivity index (χ1) is 9.47. The lowest BCUT2D eigenvalue weighted by Gasteiger charge is -2.05. The van der Waals surface area contributed by atoms with Gasteiger partial charge in [-0.25, -0.2) is 9.18 Å². The predicted molar refractivity (Wildman–Crippen MR) is 78.1 cm³/mol. The molecule has 0 saturated heterocycles. The van der Waals surface area contributed by atoms with Crippen LogP contribution in [0.5, 0.6) is 0 Å². The number of benzene rings is 2. The van der Waals surface area contributed by atoms with Crippen LogP contribution in [0.4, 0.5) is 4.39 Å². The molecule has 0 aromatic heterocycles. The molecule has 0 spiro atoms. The Morgan fingerprint density at radius 2 is 2.00 bits per heavy atom. The summed E-state index contributed by atoms with van der Waals surface area (Å²) in [5.41, 5.74) is 1.46. The van der Waals surface area contributed by atoms with Gasteiger partial charge in [-0.15, -0.1) is 0 Å². The number of hydrogen-bond donors (Lipinski definition) is 1. The Morgan fingerprint density at radius 1 is 1.25 bits per heavy atom. The molecule has 0 heterocycles. The second-order valence-electron chi connectivity index (χ2n) is 4.38. The Kier molecular flexibility index (Phi) is 4.20. The molecule has 0 fully saturated rings. The number of rotatable bonds is 3. The van der Waals surface area contributed by atoms with E-state index in [1.807, 2.05) is 0 Å². The number of aliphatic carboxylic acids is 1. The van der Waals surface area contributed by atoms with E-state index in [0.29, 0.717) is 21.7 Å². The van der Waals surface area contributed by atoms with Gasteiger partial charge in [0.1, 0.15) is 5.82 Å². The van der Waals surface area contributed by atoms with E-state index < -0.39 is 11.8 Å². The number of carbonyl (C=O) groups is 1. The average molecular weight is 291 g/mol. The smallest absolute Gasteiger partial charge is 0.336 e. The van der Waals surface area contributed by atoms with Crippen molar-refractivity contribution in [3.05, 3.63) is 70.0 Å². The molecule has 0 bridgehead atoms. The molecule has 0 aliphatic rings. The minimum absolute atomic E-state index is 0.0196. The molecule has 2 nitrogen and oxygen atoms in total. The molecule has 0 saturated carbocycles. The molecule has 0 atom stereocenters. The minimum Gasteiger partial charge on any atom is -0.478 e. The lowest BCUT2D eigenvalue weighted by Crippen LogP contribution is -2.00. The summed E-state index contributed by atoms with van der Waals surface area (Å²) >= 11 is 5.86. The van der Waals surface area contributed by atoms with Crippen molar-refractivity contribution in [3.63, 3.8) is 0 Å². The maximum atomic E-state index is 13.6. The van der Waals surface area contributed by atoms with Crippen LogP contribution >= 0.6 is 11.6 Å². The monoisotopic (exact) mass is 290 g/mol. The van der Waals surface area contributed by atoms with Gasteiger partial charge >= 0.3 is 5.97 Å². The van der Waals surface area contributed by atoms with Crippen molar-refractivity contribution in [3.8, 4) is 0 Å². The van der Waals surface area contributed by atoms with Crippen LogP contribution in [0.15, 0.2) is 42.5 Å². The third-order valence-corrected chi connectivity index (χ3v) is 3.11. The summed E-state index contributed by atoms with van der Waals surface area (Å²) in [5.74, 6) is -1.55. The van der Waals surface area contributed by atoms with Crippen molar-refractivity contribution >= 4 is 29.2 Å². The zero-order valence-corrected chi connectivity index (χ0v) is 11.5. The van der Waals surface area contributed by atoms with Gasteiger partial charge in [-0.05, 0) is 47.9 Å². The fraction of sp³-hybridized carbons (Fsp3) is 0.0625. The van der Waals surface area contributed by atoms with E-state index in [1.165, 1.54) is 12.1 Å². The number of halogens is 2. The van der Waals surface area contributed by atoms with Crippen molar-refractivity contribution in [2.45, 2.75) is 6.92 Å². The molecule has 0 radical (unpaired) electrons. The summed E-state index contributed by atoms with van der Waals surface area (Å²) in [4.78, 5) is 11.4. The van der Waals surface area contributed by atoms with Crippen molar-refractivity contribution in [2.75, 3.05) is 0 Å². The quantitative estimate of drug-likeness (QED) is 0.671. The molecule has 20 heavy (non-hydrogen) atoms. The van der Waals surface area contributed by atoms with Crippen molar-refractivity contribution in [1.29, 1.82) is 0 Å². The topological polar surface area (TPSA) is 37.3 Å². The predicted octanol–water partition coefficient (Wildman–Crippen LogP) is 4.41. The number of carboxylic acid groups (broad SMARTS) is 1. The van der Waals surface area contributed by atoms with E-state index in [2.05, 4.69) is 0 Å². The van der Waals surface area contributed by atoms with E-state index in [9.17, 15) is 14.3 Å². The Hall–Kier alpha value is -2.13. The van der Waals surface area contributed by atoms with E-state index in [0.717, 1.165) is 0 Å². The number of aryl methyl sites for hydroxylation is 1. The first kappa shape index (κ1) is 14.3. The van der Waals surface area contributed by atoms with Gasteiger partial charge in [0.2, 0.25) is 0 Å². The van der Waals surface area contributed by atoms with E-state index >= 15 is 0 Å². The highest BCUT2D eigenvalue weighted by molar-refractivity contribution is 6.30. The Morgan fingerprint density at radius 3 is 2.60 bits per heavy atom. The van der Waals surface area contributed by atoms with Gasteiger partial charge in [0, 0.05) is 5.02 Å². The molecule has 102 valence electrons. The van der Waals surface area contributed by atoms with Crippen LogP contribution in [0.3, 0.4) is 0 Å². The molecule has 0 unspecified atom stereocenters. The zero-order valence-electron chi connectivity index (χ0n) is 10.7. The zero-order chi connectivity index (χ0) is 14.7. The number of hydrogen-bond acceptors (Lipinski definition) is 1. The highest BCUT2D eigenvalue weighted by Gasteiger charge is 2.12. The van der Waals surface area contributed by atoms with Crippen LogP contribution in [-0.4, -0.2) is 11.1 Å². The van der Waals surface area contributed by atoms with Crippen LogP contribution in [0.1, 0.15) is 16.7 Å². The fourth-order valence-electron chi connectivity index (χ4n) is 1.79. The second kappa shape index (κ2) is 5.88. The van der Waals surface area contributed by atoms with E-state index in [4.69, 9.17) is 11.6 Å². The molecule has 2 rings (SSSR count). The van der Waals surface area contributed by atoms with E-state index in [1.54, 1.807) is 43.3 Å². The molecule has 0 amide bonds. The molecule has 0 aliphatic carbocycles. The highest BCUT2D eigenvalue weighted by Crippen LogP contribution is 2.22. The Bertz CT molecular complexity index is 693. The lowest BCUT2D eigenvalue weighted by molar-refractivity contribution is -0.130. The van der Waals surface area contributed by atoms with Crippen molar-refractivity contribution in [1.82, 2.24) is 0 Å². The first-order valence-corrected chi connectivity index (χ1v) is 6.32. The van der Waals surface area contributed by atoms with Gasteiger partial charge in [0.15, 0.2) is 0 Å². The summed E-state index contributed by atoms with van der Waals surface area (Å²) in [6.45, 7) is 1.63. The van der Waals surface area contributed by atoms with Gasteiger partial charge in [-0.2, -0.15) is 0 Å². The standard InChI is InChI=1S/C16H12ClFO2/c1-10-5-6-12(9-15(10)18)14(16(19)20)8-11-3-2-4-13(17)7-11/h2-9H,1H3,(H,19,20)/b14-8-. The van der Waals surface area contributed by atoms with Gasteiger partial charge < -0.3 is 5.11 Å². The minimum atomic E-state index is -1.12. The fourth-order valence-corrected chi connectivity index (χ4v) is 1.99. The second-order valence-corrected chi connectivity index (χ2v) is 4.82. The Balaban J connectivity index is 2.51. The van der Waals surface area contributed by atoms with Crippen molar-refractivity contribution in [2.24, 2.45) is 0 Å². The highest BCUT2D eigenvalue weighted by atomic mass is 35.5. The van der Waals surface area contributed by atoms with Gasteiger partial charge in [-0.3, -0.25) is 0 Å².